The normalized spacial score (nSPS) is 11.6. The predicted octanol–water partition coefficient (Wildman–Crippen LogP) is 6.10. The fourth-order valence-corrected chi connectivity index (χ4v) is 3.41. The zero-order chi connectivity index (χ0) is 14.5. The molecule has 0 amide bonds. The minimum atomic E-state index is 1.18. The second-order valence-corrected chi connectivity index (χ2v) is 5.77. The summed E-state index contributed by atoms with van der Waals surface area (Å²) >= 11 is 0. The molecule has 0 saturated heterocycles. The van der Waals surface area contributed by atoms with E-state index in [-0.39, 0.29) is 0 Å². The van der Waals surface area contributed by atoms with Gasteiger partial charge in [-0.15, -0.1) is 0 Å². The van der Waals surface area contributed by atoms with E-state index in [0.717, 1.165) is 0 Å². The summed E-state index contributed by atoms with van der Waals surface area (Å²) in [5, 5.41) is 10.1. The van der Waals surface area contributed by atoms with Gasteiger partial charge in [0.25, 0.3) is 0 Å². The van der Waals surface area contributed by atoms with Crippen molar-refractivity contribution in [2.24, 2.45) is 0 Å². The van der Waals surface area contributed by atoms with Gasteiger partial charge in [-0.1, -0.05) is 72.8 Å². The molecule has 0 heteroatoms. The standard InChI is InChI=1S/C22H13/c1-2-7-17-14-22-18(13-16(17)6-1)10-12-20-19-8-4-3-5-15(19)9-11-21(20)22/h1-12,14H. The third-order valence-electron chi connectivity index (χ3n) is 4.50. The summed E-state index contributed by atoms with van der Waals surface area (Å²) < 4.78 is 0. The third kappa shape index (κ3) is 1.58. The Balaban J connectivity index is 2.02. The molecule has 0 atom stereocenters. The van der Waals surface area contributed by atoms with Gasteiger partial charge < -0.3 is 0 Å². The number of rotatable bonds is 0. The minimum Gasteiger partial charge on any atom is -0.0616 e. The van der Waals surface area contributed by atoms with E-state index in [1.165, 1.54) is 43.1 Å². The average Bonchev–Trinajstić information content (AvgIpc) is 2.59. The van der Waals surface area contributed by atoms with Gasteiger partial charge in [-0.2, -0.15) is 0 Å². The van der Waals surface area contributed by atoms with Crippen LogP contribution in [0.4, 0.5) is 0 Å². The topological polar surface area (TPSA) is 0 Å². The van der Waals surface area contributed by atoms with Crippen molar-refractivity contribution in [3.8, 4) is 0 Å². The van der Waals surface area contributed by atoms with Crippen molar-refractivity contribution in [2.45, 2.75) is 0 Å². The number of benzene rings is 5. The van der Waals surface area contributed by atoms with E-state index in [0.29, 0.717) is 0 Å². The number of fused-ring (bicyclic) bond motifs is 6. The minimum absolute atomic E-state index is 1.18. The third-order valence-corrected chi connectivity index (χ3v) is 4.50. The highest BCUT2D eigenvalue weighted by Gasteiger charge is 2.05. The van der Waals surface area contributed by atoms with Gasteiger partial charge >= 0.3 is 0 Å². The smallest absolute Gasteiger partial charge is 0.00141 e. The van der Waals surface area contributed by atoms with Crippen LogP contribution in [-0.4, -0.2) is 0 Å². The molecular formula is C22H13. The van der Waals surface area contributed by atoms with E-state index in [4.69, 9.17) is 0 Å². The highest BCUT2D eigenvalue weighted by molar-refractivity contribution is 6.18. The molecule has 0 unspecified atom stereocenters. The molecule has 5 aromatic rings. The summed E-state index contributed by atoms with van der Waals surface area (Å²) in [6.07, 6.45) is 0. The molecule has 5 rings (SSSR count). The molecule has 0 nitrogen and oxygen atoms in total. The van der Waals surface area contributed by atoms with E-state index in [1.54, 1.807) is 0 Å². The Kier molecular flexibility index (Phi) is 2.31. The zero-order valence-electron chi connectivity index (χ0n) is 12.0. The van der Waals surface area contributed by atoms with Crippen LogP contribution in [0.5, 0.6) is 0 Å². The molecule has 0 spiro atoms. The van der Waals surface area contributed by atoms with Crippen molar-refractivity contribution in [3.05, 3.63) is 84.9 Å². The maximum atomic E-state index is 3.55. The summed E-state index contributed by atoms with van der Waals surface area (Å²) in [5.41, 5.74) is 0. The largest absolute Gasteiger partial charge is 0.0616 e. The molecule has 1 radical (unpaired) electrons. The summed E-state index contributed by atoms with van der Waals surface area (Å²) in [6.45, 7) is 0. The maximum absolute atomic E-state index is 3.55. The Morgan fingerprint density at radius 1 is 0.455 bits per heavy atom. The van der Waals surface area contributed by atoms with Crippen LogP contribution in [0.3, 0.4) is 0 Å². The molecule has 0 fully saturated rings. The van der Waals surface area contributed by atoms with Crippen LogP contribution in [0.1, 0.15) is 0 Å². The first-order valence-electron chi connectivity index (χ1n) is 7.55. The van der Waals surface area contributed by atoms with Gasteiger partial charge in [0.15, 0.2) is 0 Å². The van der Waals surface area contributed by atoms with E-state index in [1.807, 2.05) is 0 Å². The van der Waals surface area contributed by atoms with Crippen LogP contribution in [0.15, 0.2) is 78.9 Å². The van der Waals surface area contributed by atoms with Crippen LogP contribution in [0.2, 0.25) is 0 Å². The molecule has 0 aliphatic carbocycles. The van der Waals surface area contributed by atoms with Crippen LogP contribution in [0.25, 0.3) is 43.1 Å². The lowest BCUT2D eigenvalue weighted by Crippen LogP contribution is -1.82. The molecule has 0 bridgehead atoms. The van der Waals surface area contributed by atoms with Crippen molar-refractivity contribution in [3.63, 3.8) is 0 Å². The zero-order valence-corrected chi connectivity index (χ0v) is 12.0. The first-order chi connectivity index (χ1) is 10.9. The van der Waals surface area contributed by atoms with Crippen LogP contribution < -0.4 is 0 Å². The van der Waals surface area contributed by atoms with Crippen molar-refractivity contribution in [1.82, 2.24) is 0 Å². The highest BCUT2D eigenvalue weighted by Crippen LogP contribution is 2.33. The average molecular weight is 277 g/mol. The van der Waals surface area contributed by atoms with Gasteiger partial charge in [0.2, 0.25) is 0 Å². The molecule has 0 aromatic heterocycles. The van der Waals surface area contributed by atoms with Gasteiger partial charge in [-0.05, 0) is 55.2 Å². The predicted molar refractivity (Wildman–Crippen MR) is 95.3 cm³/mol. The Labute approximate surface area is 128 Å². The summed E-state index contributed by atoms with van der Waals surface area (Å²) in [7, 11) is 0. The molecular weight excluding hydrogens is 264 g/mol. The Hall–Kier alpha value is -2.86. The molecule has 0 aliphatic rings. The number of hydrogen-bond donors (Lipinski definition) is 0. The second-order valence-electron chi connectivity index (χ2n) is 5.77. The molecule has 0 N–H and O–H groups in total. The summed E-state index contributed by atoms with van der Waals surface area (Å²) in [4.78, 5) is 0. The van der Waals surface area contributed by atoms with Crippen molar-refractivity contribution in [1.29, 1.82) is 0 Å². The van der Waals surface area contributed by atoms with E-state index in [9.17, 15) is 0 Å². The Bertz CT molecular complexity index is 1160. The molecule has 0 heterocycles. The Morgan fingerprint density at radius 3 is 2.14 bits per heavy atom. The summed E-state index contributed by atoms with van der Waals surface area (Å²) in [6, 6.07) is 31.7. The van der Waals surface area contributed by atoms with Gasteiger partial charge in [-0.3, -0.25) is 0 Å². The van der Waals surface area contributed by atoms with Crippen molar-refractivity contribution in [2.75, 3.05) is 0 Å². The van der Waals surface area contributed by atoms with E-state index in [2.05, 4.69) is 84.9 Å². The van der Waals surface area contributed by atoms with E-state index < -0.39 is 0 Å². The SMILES string of the molecule is [c]1c2ccccc2cc2c1ccc1c3ccccc3ccc21. The van der Waals surface area contributed by atoms with Gasteiger partial charge in [0, 0.05) is 0 Å². The lowest BCUT2D eigenvalue weighted by atomic mass is 9.95. The van der Waals surface area contributed by atoms with Crippen molar-refractivity contribution < 1.29 is 0 Å². The van der Waals surface area contributed by atoms with Crippen LogP contribution in [-0.2, 0) is 0 Å². The van der Waals surface area contributed by atoms with Gasteiger partial charge in [-0.25, -0.2) is 0 Å². The van der Waals surface area contributed by atoms with Crippen LogP contribution >= 0.6 is 0 Å². The van der Waals surface area contributed by atoms with Gasteiger partial charge in [0.05, 0.1) is 0 Å². The lowest BCUT2D eigenvalue weighted by Gasteiger charge is -2.08. The van der Waals surface area contributed by atoms with Crippen molar-refractivity contribution >= 4 is 43.1 Å². The molecule has 0 aliphatic heterocycles. The molecule has 5 aromatic carbocycles. The summed E-state index contributed by atoms with van der Waals surface area (Å²) in [5.74, 6) is 0. The fourth-order valence-electron chi connectivity index (χ4n) is 3.41. The monoisotopic (exact) mass is 277 g/mol. The van der Waals surface area contributed by atoms with E-state index >= 15 is 0 Å². The second kappa shape index (κ2) is 4.32. The highest BCUT2D eigenvalue weighted by atomic mass is 14.1. The maximum Gasteiger partial charge on any atom is -0.00141 e. The van der Waals surface area contributed by atoms with Crippen LogP contribution in [0, 0.1) is 6.07 Å². The fraction of sp³-hybridized carbons (Fsp3) is 0. The first kappa shape index (κ1) is 11.8. The quantitative estimate of drug-likeness (QED) is 0.237. The molecule has 22 heavy (non-hydrogen) atoms. The Morgan fingerprint density at radius 2 is 1.18 bits per heavy atom. The first-order valence-corrected chi connectivity index (χ1v) is 7.55. The molecule has 101 valence electrons. The van der Waals surface area contributed by atoms with Gasteiger partial charge in [0.1, 0.15) is 0 Å². The molecule has 0 saturated carbocycles. The lowest BCUT2D eigenvalue weighted by molar-refractivity contribution is 1.77. The number of hydrogen-bond acceptors (Lipinski definition) is 0.